The van der Waals surface area contributed by atoms with Gasteiger partial charge in [0.25, 0.3) is 0 Å². The molecule has 0 aromatic heterocycles. The Bertz CT molecular complexity index is 637. The van der Waals surface area contributed by atoms with Gasteiger partial charge in [-0.25, -0.2) is 8.78 Å². The highest BCUT2D eigenvalue weighted by Gasteiger charge is 2.24. The van der Waals surface area contributed by atoms with Crippen LogP contribution in [0, 0.1) is 17.6 Å². The lowest BCUT2D eigenvalue weighted by Crippen LogP contribution is -2.14. The summed E-state index contributed by atoms with van der Waals surface area (Å²) in [7, 11) is 0. The summed E-state index contributed by atoms with van der Waals surface area (Å²) in [5, 5.41) is 0. The third kappa shape index (κ3) is 3.80. The maximum Gasteiger partial charge on any atom is 0.127 e. The average molecular weight is 314 g/mol. The predicted octanol–water partition coefficient (Wildman–Crippen LogP) is 6.71. The molecule has 0 amide bonds. The van der Waals surface area contributed by atoms with Crippen LogP contribution in [-0.2, 0) is 0 Å². The van der Waals surface area contributed by atoms with Crippen molar-refractivity contribution in [3.05, 3.63) is 59.7 Å². The molecule has 3 rings (SSSR count). The van der Waals surface area contributed by atoms with Crippen LogP contribution in [0.4, 0.5) is 8.78 Å². The molecule has 0 unspecified atom stereocenters. The normalized spacial score (nSPS) is 21.3. The molecule has 1 fully saturated rings. The average Bonchev–Trinajstić information content (AvgIpc) is 2.57. The Labute approximate surface area is 137 Å². The van der Waals surface area contributed by atoms with Crippen LogP contribution in [0.3, 0.4) is 0 Å². The van der Waals surface area contributed by atoms with Crippen molar-refractivity contribution in [2.45, 2.75) is 51.4 Å². The van der Waals surface area contributed by atoms with Gasteiger partial charge in [-0.15, -0.1) is 0 Å². The van der Waals surface area contributed by atoms with Crippen molar-refractivity contribution in [2.75, 3.05) is 0 Å². The lowest BCUT2D eigenvalue weighted by Gasteiger charge is -2.29. The molecule has 0 aliphatic heterocycles. The highest BCUT2D eigenvalue weighted by Crippen LogP contribution is 2.39. The second-order valence-corrected chi connectivity index (χ2v) is 6.75. The van der Waals surface area contributed by atoms with E-state index < -0.39 is 0 Å². The topological polar surface area (TPSA) is 0 Å². The first kappa shape index (κ1) is 16.2. The van der Waals surface area contributed by atoms with Gasteiger partial charge in [-0.1, -0.05) is 44.0 Å². The quantitative estimate of drug-likeness (QED) is 0.588. The largest absolute Gasteiger partial charge is 0.207 e. The van der Waals surface area contributed by atoms with Gasteiger partial charge in [-0.2, -0.15) is 0 Å². The first-order chi connectivity index (χ1) is 11.2. The Morgan fingerprint density at radius 3 is 2.13 bits per heavy atom. The van der Waals surface area contributed by atoms with E-state index in [4.69, 9.17) is 0 Å². The Morgan fingerprint density at radius 1 is 0.870 bits per heavy atom. The van der Waals surface area contributed by atoms with Crippen molar-refractivity contribution in [3.8, 4) is 11.1 Å². The fraction of sp³-hybridized carbons (Fsp3) is 0.429. The minimum absolute atomic E-state index is 0.120. The summed E-state index contributed by atoms with van der Waals surface area (Å²) in [5.74, 6) is 0.795. The van der Waals surface area contributed by atoms with Crippen LogP contribution in [0.25, 0.3) is 11.1 Å². The summed E-state index contributed by atoms with van der Waals surface area (Å²) in [5.41, 5.74) is 2.51. The Kier molecular flexibility index (Phi) is 5.09. The highest BCUT2D eigenvalue weighted by atomic mass is 19.1. The summed E-state index contributed by atoms with van der Waals surface area (Å²) in [6.45, 7) is 2.24. The van der Waals surface area contributed by atoms with Gasteiger partial charge < -0.3 is 0 Å². The molecule has 2 aromatic rings. The molecule has 0 spiro atoms. The van der Waals surface area contributed by atoms with Crippen LogP contribution in [0.2, 0.25) is 0 Å². The van der Waals surface area contributed by atoms with Crippen LogP contribution < -0.4 is 0 Å². The van der Waals surface area contributed by atoms with E-state index in [1.54, 1.807) is 18.2 Å². The van der Waals surface area contributed by atoms with Gasteiger partial charge in [0.1, 0.15) is 11.6 Å². The zero-order valence-electron chi connectivity index (χ0n) is 13.7. The minimum Gasteiger partial charge on any atom is -0.207 e. The highest BCUT2D eigenvalue weighted by molar-refractivity contribution is 5.63. The first-order valence-corrected chi connectivity index (χ1v) is 8.72. The summed E-state index contributed by atoms with van der Waals surface area (Å²) in [6, 6.07) is 11.7. The number of halogens is 2. The molecule has 0 bridgehead atoms. The molecule has 2 heteroatoms. The van der Waals surface area contributed by atoms with Gasteiger partial charge in [0.15, 0.2) is 0 Å². The molecular weight excluding hydrogens is 290 g/mol. The van der Waals surface area contributed by atoms with Crippen LogP contribution in [0.5, 0.6) is 0 Å². The molecule has 2 aromatic carbocycles. The third-order valence-corrected chi connectivity index (χ3v) is 5.16. The molecule has 1 saturated carbocycles. The van der Waals surface area contributed by atoms with Crippen molar-refractivity contribution in [1.29, 1.82) is 0 Å². The van der Waals surface area contributed by atoms with Crippen molar-refractivity contribution in [2.24, 2.45) is 5.92 Å². The molecule has 0 N–H and O–H groups in total. The summed E-state index contributed by atoms with van der Waals surface area (Å²) in [4.78, 5) is 0. The number of rotatable bonds is 4. The lowest BCUT2D eigenvalue weighted by atomic mass is 9.77. The molecule has 0 heterocycles. The summed E-state index contributed by atoms with van der Waals surface area (Å²) < 4.78 is 27.6. The number of hydrogen-bond acceptors (Lipinski definition) is 0. The minimum atomic E-state index is -0.269. The Hall–Kier alpha value is -1.70. The van der Waals surface area contributed by atoms with E-state index in [0.29, 0.717) is 5.92 Å². The van der Waals surface area contributed by atoms with Crippen molar-refractivity contribution >= 4 is 0 Å². The van der Waals surface area contributed by atoms with E-state index >= 15 is 0 Å². The monoisotopic (exact) mass is 314 g/mol. The van der Waals surface area contributed by atoms with Crippen LogP contribution in [-0.4, -0.2) is 0 Å². The fourth-order valence-electron chi connectivity index (χ4n) is 3.85. The molecule has 0 radical (unpaired) electrons. The second kappa shape index (κ2) is 7.25. The molecular formula is C21H24F2. The lowest BCUT2D eigenvalue weighted by molar-refractivity contribution is 0.304. The second-order valence-electron chi connectivity index (χ2n) is 6.75. The Balaban J connectivity index is 1.74. The van der Waals surface area contributed by atoms with E-state index in [1.165, 1.54) is 37.8 Å². The van der Waals surface area contributed by atoms with Crippen LogP contribution in [0.15, 0.2) is 42.5 Å². The molecule has 1 aliphatic carbocycles. The molecule has 0 saturated heterocycles. The SMILES string of the molecule is CCCC1CCC(c2ccc(-c3ccc(F)cc3)cc2F)CC1. The van der Waals surface area contributed by atoms with Gasteiger partial charge in [-0.05, 0) is 72.4 Å². The van der Waals surface area contributed by atoms with Gasteiger partial charge in [-0.3, -0.25) is 0 Å². The summed E-state index contributed by atoms with van der Waals surface area (Å²) >= 11 is 0. The maximum absolute atomic E-state index is 14.6. The van der Waals surface area contributed by atoms with Gasteiger partial charge >= 0.3 is 0 Å². The van der Waals surface area contributed by atoms with Gasteiger partial charge in [0, 0.05) is 0 Å². The molecule has 122 valence electrons. The maximum atomic E-state index is 14.6. The fourth-order valence-corrected chi connectivity index (χ4v) is 3.85. The van der Waals surface area contributed by atoms with Crippen LogP contribution in [0.1, 0.15) is 56.9 Å². The van der Waals surface area contributed by atoms with Gasteiger partial charge in [0.05, 0.1) is 0 Å². The Morgan fingerprint density at radius 2 is 1.52 bits per heavy atom. The first-order valence-electron chi connectivity index (χ1n) is 8.72. The molecule has 0 nitrogen and oxygen atoms in total. The third-order valence-electron chi connectivity index (χ3n) is 5.16. The molecule has 23 heavy (non-hydrogen) atoms. The van der Waals surface area contributed by atoms with E-state index in [2.05, 4.69) is 6.92 Å². The standard InChI is InChI=1S/C21H24F2/c1-2-3-15-4-6-17(7-5-15)20-13-10-18(14-21(20)23)16-8-11-19(22)12-9-16/h8-15,17H,2-7H2,1H3. The predicted molar refractivity (Wildman–Crippen MR) is 91.4 cm³/mol. The smallest absolute Gasteiger partial charge is 0.127 e. The zero-order valence-corrected chi connectivity index (χ0v) is 13.7. The molecule has 0 atom stereocenters. The van der Waals surface area contributed by atoms with Crippen molar-refractivity contribution in [1.82, 2.24) is 0 Å². The van der Waals surface area contributed by atoms with E-state index in [0.717, 1.165) is 35.4 Å². The van der Waals surface area contributed by atoms with Crippen molar-refractivity contribution in [3.63, 3.8) is 0 Å². The van der Waals surface area contributed by atoms with E-state index in [1.807, 2.05) is 12.1 Å². The molecule has 1 aliphatic rings. The number of benzene rings is 2. The van der Waals surface area contributed by atoms with Gasteiger partial charge in [0.2, 0.25) is 0 Å². The van der Waals surface area contributed by atoms with E-state index in [-0.39, 0.29) is 11.6 Å². The van der Waals surface area contributed by atoms with E-state index in [9.17, 15) is 8.78 Å². The zero-order chi connectivity index (χ0) is 16.2. The number of hydrogen-bond donors (Lipinski definition) is 0. The summed E-state index contributed by atoms with van der Waals surface area (Å²) in [6.07, 6.45) is 7.18. The van der Waals surface area contributed by atoms with Crippen LogP contribution >= 0.6 is 0 Å². The van der Waals surface area contributed by atoms with Crippen molar-refractivity contribution < 1.29 is 8.78 Å².